The Morgan fingerprint density at radius 3 is 2.56 bits per heavy atom. The number of aromatic nitrogens is 2. The molecule has 2 aliphatic heterocycles. The molecule has 5 N–H and O–H groups in total. The quantitative estimate of drug-likeness (QED) is 0.317. The molecule has 7 heteroatoms. The van der Waals surface area contributed by atoms with Gasteiger partial charge in [-0.1, -0.05) is 43.7 Å². The van der Waals surface area contributed by atoms with Crippen molar-refractivity contribution in [2.45, 2.75) is 39.3 Å². The van der Waals surface area contributed by atoms with Crippen molar-refractivity contribution in [3.8, 4) is 18.5 Å². The maximum Gasteiger partial charge on any atom is 0.127 e. The lowest BCUT2D eigenvalue weighted by molar-refractivity contribution is 0.795. The standard InChI is InChI=1S/C17H18N6.C10H13Cl.C2H2/c1-10-7-12(23-6-5-19-9-23)8-14-16(10)22-17(21-14)15-11(2)20-4-3-13(15)18;1-2-3-4-9-5-7-10(11)8-6-9;1-2/h3-9,17,20-22H,2,18H2,1H3;5-8H,2-4H2,1H3;1-2H. The molecule has 1 atom stereocenters. The SMILES string of the molecule is C#C.C=C1NC=CC(N)=C1C1Nc2cc(-n3ccnc3)cc(C)c2N1.CCCCc1ccc(Cl)cc1. The smallest absolute Gasteiger partial charge is 0.127 e. The van der Waals surface area contributed by atoms with E-state index in [1.54, 1.807) is 18.7 Å². The highest BCUT2D eigenvalue weighted by molar-refractivity contribution is 6.30. The average molecular weight is 501 g/mol. The van der Waals surface area contributed by atoms with Gasteiger partial charge < -0.3 is 26.3 Å². The van der Waals surface area contributed by atoms with E-state index < -0.39 is 0 Å². The molecule has 0 spiro atoms. The Morgan fingerprint density at radius 1 is 1.17 bits per heavy atom. The van der Waals surface area contributed by atoms with Crippen LogP contribution in [0.15, 0.2) is 90.9 Å². The van der Waals surface area contributed by atoms with Crippen LogP contribution < -0.4 is 21.7 Å². The monoisotopic (exact) mass is 500 g/mol. The Hall–Kier alpha value is -4.08. The fourth-order valence-electron chi connectivity index (χ4n) is 4.06. The van der Waals surface area contributed by atoms with Crippen LogP contribution in [-0.4, -0.2) is 15.7 Å². The lowest BCUT2D eigenvalue weighted by Crippen LogP contribution is -2.32. The van der Waals surface area contributed by atoms with Crippen molar-refractivity contribution in [2.24, 2.45) is 5.73 Å². The number of dihydropyridines is 1. The molecule has 0 radical (unpaired) electrons. The molecule has 3 aromatic rings. The average Bonchev–Trinajstić information content (AvgIpc) is 3.56. The highest BCUT2D eigenvalue weighted by Crippen LogP contribution is 2.37. The predicted molar refractivity (Wildman–Crippen MR) is 152 cm³/mol. The Morgan fingerprint density at radius 2 is 1.92 bits per heavy atom. The molecule has 1 unspecified atom stereocenters. The summed E-state index contributed by atoms with van der Waals surface area (Å²) >= 11 is 5.75. The van der Waals surface area contributed by atoms with Gasteiger partial charge in [-0.3, -0.25) is 0 Å². The Kier molecular flexibility index (Phi) is 9.26. The van der Waals surface area contributed by atoms with Crippen molar-refractivity contribution in [1.82, 2.24) is 14.9 Å². The number of nitrogens with one attached hydrogen (secondary N) is 3. The number of terminal acetylenes is 1. The number of nitrogens with two attached hydrogens (primary N) is 1. The maximum atomic E-state index is 6.13. The van der Waals surface area contributed by atoms with Crippen molar-refractivity contribution >= 4 is 23.0 Å². The first-order chi connectivity index (χ1) is 17.5. The number of nitrogens with zero attached hydrogens (tertiary/aromatic N) is 2. The van der Waals surface area contributed by atoms with Crippen LogP contribution in [0.2, 0.25) is 5.02 Å². The van der Waals surface area contributed by atoms with E-state index in [1.807, 2.05) is 29.0 Å². The molecule has 186 valence electrons. The molecular weight excluding hydrogens is 468 g/mol. The molecule has 0 saturated carbocycles. The predicted octanol–water partition coefficient (Wildman–Crippen LogP) is 6.12. The molecule has 6 nitrogen and oxygen atoms in total. The van der Waals surface area contributed by atoms with Gasteiger partial charge in [0.05, 0.1) is 17.7 Å². The number of rotatable bonds is 5. The zero-order valence-corrected chi connectivity index (χ0v) is 21.5. The van der Waals surface area contributed by atoms with Crippen molar-refractivity contribution in [3.05, 3.63) is 107 Å². The summed E-state index contributed by atoms with van der Waals surface area (Å²) in [6, 6.07) is 12.3. The van der Waals surface area contributed by atoms with Gasteiger partial charge in [0.1, 0.15) is 6.17 Å². The molecule has 0 fully saturated rings. The molecule has 36 heavy (non-hydrogen) atoms. The second kappa shape index (κ2) is 12.6. The van der Waals surface area contributed by atoms with Gasteiger partial charge in [0.25, 0.3) is 0 Å². The minimum atomic E-state index is -0.105. The van der Waals surface area contributed by atoms with Crippen LogP contribution in [0.1, 0.15) is 30.9 Å². The summed E-state index contributed by atoms with van der Waals surface area (Å²) in [6.07, 6.45) is 20.7. The fraction of sp³-hybridized carbons (Fsp3) is 0.207. The minimum Gasteiger partial charge on any atom is -0.398 e. The second-order valence-corrected chi connectivity index (χ2v) is 8.87. The molecule has 0 bridgehead atoms. The lowest BCUT2D eigenvalue weighted by Gasteiger charge is -2.23. The number of unbranched alkanes of at least 4 members (excludes halogenated alkanes) is 1. The van der Waals surface area contributed by atoms with Gasteiger partial charge >= 0.3 is 0 Å². The summed E-state index contributed by atoms with van der Waals surface area (Å²) in [5.74, 6) is 0. The van der Waals surface area contributed by atoms with E-state index in [9.17, 15) is 0 Å². The third-order valence-electron chi connectivity index (χ3n) is 5.89. The lowest BCUT2D eigenvalue weighted by atomic mass is 10.1. The summed E-state index contributed by atoms with van der Waals surface area (Å²) in [7, 11) is 0. The number of allylic oxidation sites excluding steroid dienone is 1. The van der Waals surface area contributed by atoms with E-state index in [4.69, 9.17) is 17.3 Å². The molecular formula is C29H33ClN6. The highest BCUT2D eigenvalue weighted by atomic mass is 35.5. The maximum absolute atomic E-state index is 6.13. The van der Waals surface area contributed by atoms with Crippen LogP contribution in [0.5, 0.6) is 0 Å². The number of imidazole rings is 1. The summed E-state index contributed by atoms with van der Waals surface area (Å²) < 4.78 is 1.99. The van der Waals surface area contributed by atoms with Gasteiger partial charge in [-0.15, -0.1) is 12.8 Å². The highest BCUT2D eigenvalue weighted by Gasteiger charge is 2.28. The molecule has 0 amide bonds. The number of halogens is 1. The first-order valence-corrected chi connectivity index (χ1v) is 12.2. The molecule has 0 aliphatic carbocycles. The number of fused-ring (bicyclic) bond motifs is 1. The number of benzene rings is 2. The second-order valence-electron chi connectivity index (χ2n) is 8.43. The number of aryl methyl sites for hydroxylation is 2. The van der Waals surface area contributed by atoms with Crippen LogP contribution in [0, 0.1) is 19.8 Å². The van der Waals surface area contributed by atoms with E-state index in [1.165, 1.54) is 24.8 Å². The number of hydrogen-bond donors (Lipinski definition) is 4. The molecule has 2 aromatic carbocycles. The van der Waals surface area contributed by atoms with Crippen LogP contribution in [-0.2, 0) is 6.42 Å². The van der Waals surface area contributed by atoms with Crippen molar-refractivity contribution in [3.63, 3.8) is 0 Å². The third-order valence-corrected chi connectivity index (χ3v) is 6.14. The van der Waals surface area contributed by atoms with Crippen LogP contribution in [0.25, 0.3) is 5.69 Å². The first kappa shape index (κ1) is 26.5. The summed E-state index contributed by atoms with van der Waals surface area (Å²) in [5.41, 5.74) is 14.3. The molecule has 3 heterocycles. The van der Waals surface area contributed by atoms with Gasteiger partial charge in [0.2, 0.25) is 0 Å². The van der Waals surface area contributed by atoms with Crippen molar-refractivity contribution < 1.29 is 0 Å². The zero-order valence-electron chi connectivity index (χ0n) is 20.8. The van der Waals surface area contributed by atoms with E-state index >= 15 is 0 Å². The van der Waals surface area contributed by atoms with E-state index in [0.29, 0.717) is 5.70 Å². The molecule has 5 rings (SSSR count). The first-order valence-electron chi connectivity index (χ1n) is 11.8. The largest absolute Gasteiger partial charge is 0.398 e. The van der Waals surface area contributed by atoms with Gasteiger partial charge in [-0.2, -0.15) is 0 Å². The fourth-order valence-corrected chi connectivity index (χ4v) is 4.19. The zero-order chi connectivity index (χ0) is 26.1. The van der Waals surface area contributed by atoms with E-state index in [0.717, 1.165) is 38.9 Å². The van der Waals surface area contributed by atoms with Crippen LogP contribution in [0.3, 0.4) is 0 Å². The summed E-state index contributed by atoms with van der Waals surface area (Å²) in [4.78, 5) is 4.11. The summed E-state index contributed by atoms with van der Waals surface area (Å²) in [5, 5.41) is 10.9. The van der Waals surface area contributed by atoms with Crippen LogP contribution >= 0.6 is 11.6 Å². The topological polar surface area (TPSA) is 79.9 Å². The normalized spacial score (nSPS) is 15.4. The van der Waals surface area contributed by atoms with Gasteiger partial charge in [-0.25, -0.2) is 4.98 Å². The Bertz CT molecular complexity index is 1250. The molecule has 0 saturated heterocycles. The van der Waals surface area contributed by atoms with E-state index in [2.05, 4.69) is 78.5 Å². The number of anilines is 2. The Balaban J connectivity index is 0.000000235. The van der Waals surface area contributed by atoms with Gasteiger partial charge in [-0.05, 0) is 61.2 Å². The Labute approximate surface area is 219 Å². The van der Waals surface area contributed by atoms with Crippen molar-refractivity contribution in [2.75, 3.05) is 10.6 Å². The minimum absolute atomic E-state index is 0.105. The van der Waals surface area contributed by atoms with Gasteiger partial charge in [0.15, 0.2) is 0 Å². The summed E-state index contributed by atoms with van der Waals surface area (Å²) in [6.45, 7) is 8.33. The van der Waals surface area contributed by atoms with Crippen molar-refractivity contribution in [1.29, 1.82) is 0 Å². The third kappa shape index (κ3) is 6.32. The molecule has 1 aromatic heterocycles. The number of hydrogen-bond acceptors (Lipinski definition) is 5. The van der Waals surface area contributed by atoms with Crippen LogP contribution in [0.4, 0.5) is 11.4 Å². The van der Waals surface area contributed by atoms with Gasteiger partial charge in [0, 0.05) is 46.3 Å². The molecule has 2 aliphatic rings. The van der Waals surface area contributed by atoms with E-state index in [-0.39, 0.29) is 6.17 Å².